The molecule has 0 atom stereocenters. The standard InChI is InChI=1S/C13H12BrN3O/c1-9-6-16-12(8-15-9)13(18)17-7-10-2-4-11(14)5-3-10/h2-6,8H,7H2,1H3,(H,17,18). The summed E-state index contributed by atoms with van der Waals surface area (Å²) in [5, 5.41) is 2.80. The number of hydrogen-bond donors (Lipinski definition) is 1. The van der Waals surface area contributed by atoms with Gasteiger partial charge in [0.05, 0.1) is 11.9 Å². The summed E-state index contributed by atoms with van der Waals surface area (Å²) in [5.74, 6) is -0.217. The second-order valence-corrected chi connectivity index (χ2v) is 4.77. The number of hydrogen-bond acceptors (Lipinski definition) is 3. The number of nitrogens with zero attached hydrogens (tertiary/aromatic N) is 2. The minimum Gasteiger partial charge on any atom is -0.347 e. The van der Waals surface area contributed by atoms with Crippen LogP contribution in [0, 0.1) is 6.92 Å². The molecule has 0 unspecified atom stereocenters. The van der Waals surface area contributed by atoms with Crippen molar-refractivity contribution in [2.75, 3.05) is 0 Å². The third-order valence-corrected chi connectivity index (χ3v) is 2.91. The van der Waals surface area contributed by atoms with E-state index in [0.717, 1.165) is 15.7 Å². The molecule has 2 aromatic rings. The highest BCUT2D eigenvalue weighted by atomic mass is 79.9. The SMILES string of the molecule is Cc1cnc(C(=O)NCc2ccc(Br)cc2)cn1. The van der Waals surface area contributed by atoms with E-state index in [1.165, 1.54) is 6.20 Å². The number of halogens is 1. The Labute approximate surface area is 114 Å². The summed E-state index contributed by atoms with van der Waals surface area (Å²) in [6.07, 6.45) is 3.06. The van der Waals surface area contributed by atoms with E-state index in [9.17, 15) is 4.79 Å². The maximum absolute atomic E-state index is 11.8. The lowest BCUT2D eigenvalue weighted by molar-refractivity contribution is 0.0945. The first-order valence-electron chi connectivity index (χ1n) is 5.46. The van der Waals surface area contributed by atoms with Crippen molar-refractivity contribution >= 4 is 21.8 Å². The van der Waals surface area contributed by atoms with Crippen LogP contribution in [0.3, 0.4) is 0 Å². The van der Waals surface area contributed by atoms with Crippen molar-refractivity contribution in [1.82, 2.24) is 15.3 Å². The van der Waals surface area contributed by atoms with Gasteiger partial charge in [-0.15, -0.1) is 0 Å². The highest BCUT2D eigenvalue weighted by Gasteiger charge is 2.06. The Balaban J connectivity index is 1.96. The first kappa shape index (κ1) is 12.7. The smallest absolute Gasteiger partial charge is 0.271 e. The summed E-state index contributed by atoms with van der Waals surface area (Å²) >= 11 is 3.36. The van der Waals surface area contributed by atoms with Gasteiger partial charge in [-0.25, -0.2) is 4.98 Å². The van der Waals surface area contributed by atoms with Gasteiger partial charge in [-0.1, -0.05) is 28.1 Å². The third-order valence-electron chi connectivity index (χ3n) is 2.38. The van der Waals surface area contributed by atoms with Crippen molar-refractivity contribution in [2.45, 2.75) is 13.5 Å². The van der Waals surface area contributed by atoms with Crippen LogP contribution in [0.1, 0.15) is 21.7 Å². The average Bonchev–Trinajstić information content (AvgIpc) is 2.38. The fraction of sp³-hybridized carbons (Fsp3) is 0.154. The number of rotatable bonds is 3. The monoisotopic (exact) mass is 305 g/mol. The van der Waals surface area contributed by atoms with Gasteiger partial charge in [-0.05, 0) is 24.6 Å². The Bertz CT molecular complexity index is 537. The van der Waals surface area contributed by atoms with Crippen LogP contribution in [0.4, 0.5) is 0 Å². The van der Waals surface area contributed by atoms with Crippen molar-refractivity contribution in [3.05, 3.63) is 58.1 Å². The lowest BCUT2D eigenvalue weighted by atomic mass is 10.2. The van der Waals surface area contributed by atoms with Crippen LogP contribution < -0.4 is 5.32 Å². The third kappa shape index (κ3) is 3.37. The highest BCUT2D eigenvalue weighted by molar-refractivity contribution is 9.10. The molecule has 0 bridgehead atoms. The highest BCUT2D eigenvalue weighted by Crippen LogP contribution is 2.10. The predicted molar refractivity (Wildman–Crippen MR) is 72.1 cm³/mol. The molecule has 4 nitrogen and oxygen atoms in total. The molecule has 0 saturated heterocycles. The van der Waals surface area contributed by atoms with Crippen molar-refractivity contribution < 1.29 is 4.79 Å². The molecule has 1 N–H and O–H groups in total. The lowest BCUT2D eigenvalue weighted by Gasteiger charge is -2.04. The predicted octanol–water partition coefficient (Wildman–Crippen LogP) is 2.48. The molecule has 92 valence electrons. The molecule has 2 rings (SSSR count). The number of benzene rings is 1. The number of aromatic nitrogens is 2. The quantitative estimate of drug-likeness (QED) is 0.948. The van der Waals surface area contributed by atoms with Gasteiger partial charge in [0.25, 0.3) is 5.91 Å². The molecule has 1 aromatic heterocycles. The van der Waals surface area contributed by atoms with Gasteiger partial charge in [0.15, 0.2) is 0 Å². The van der Waals surface area contributed by atoms with Gasteiger partial charge >= 0.3 is 0 Å². The topological polar surface area (TPSA) is 54.9 Å². The molecular weight excluding hydrogens is 294 g/mol. The fourth-order valence-electron chi connectivity index (χ4n) is 1.38. The summed E-state index contributed by atoms with van der Waals surface area (Å²) in [5.41, 5.74) is 2.16. The maximum Gasteiger partial charge on any atom is 0.271 e. The van der Waals surface area contributed by atoms with Crippen molar-refractivity contribution in [3.63, 3.8) is 0 Å². The van der Waals surface area contributed by atoms with E-state index in [1.807, 2.05) is 31.2 Å². The van der Waals surface area contributed by atoms with Crippen LogP contribution in [0.25, 0.3) is 0 Å². The molecule has 1 aromatic carbocycles. The Morgan fingerprint density at radius 2 is 1.94 bits per heavy atom. The van der Waals surface area contributed by atoms with Gasteiger partial charge < -0.3 is 5.32 Å². The molecule has 0 aliphatic carbocycles. The van der Waals surface area contributed by atoms with Gasteiger partial charge in [-0.2, -0.15) is 0 Å². The molecule has 1 heterocycles. The van der Waals surface area contributed by atoms with E-state index < -0.39 is 0 Å². The largest absolute Gasteiger partial charge is 0.347 e. The van der Waals surface area contributed by atoms with E-state index in [1.54, 1.807) is 6.20 Å². The van der Waals surface area contributed by atoms with Gasteiger partial charge in [-0.3, -0.25) is 9.78 Å². The van der Waals surface area contributed by atoms with E-state index in [2.05, 4.69) is 31.2 Å². The van der Waals surface area contributed by atoms with Crippen LogP contribution in [0.5, 0.6) is 0 Å². The van der Waals surface area contributed by atoms with Crippen molar-refractivity contribution in [3.8, 4) is 0 Å². The number of aryl methyl sites for hydroxylation is 1. The molecule has 0 spiro atoms. The van der Waals surface area contributed by atoms with E-state index in [4.69, 9.17) is 0 Å². The van der Waals surface area contributed by atoms with Crippen molar-refractivity contribution in [2.24, 2.45) is 0 Å². The minimum absolute atomic E-state index is 0.217. The summed E-state index contributed by atoms with van der Waals surface area (Å²) in [7, 11) is 0. The Hall–Kier alpha value is -1.75. The van der Waals surface area contributed by atoms with Crippen LogP contribution >= 0.6 is 15.9 Å². The number of amides is 1. The zero-order chi connectivity index (χ0) is 13.0. The van der Waals surface area contributed by atoms with Crippen LogP contribution in [-0.2, 0) is 6.54 Å². The first-order chi connectivity index (χ1) is 8.65. The molecule has 0 fully saturated rings. The van der Waals surface area contributed by atoms with Crippen LogP contribution in [0.15, 0.2) is 41.1 Å². The molecule has 0 aliphatic heterocycles. The van der Waals surface area contributed by atoms with E-state index in [0.29, 0.717) is 12.2 Å². The van der Waals surface area contributed by atoms with Gasteiger partial charge in [0, 0.05) is 17.2 Å². The van der Waals surface area contributed by atoms with Crippen LogP contribution in [-0.4, -0.2) is 15.9 Å². The average molecular weight is 306 g/mol. The zero-order valence-electron chi connectivity index (χ0n) is 9.85. The summed E-state index contributed by atoms with van der Waals surface area (Å²) in [6, 6.07) is 7.77. The second-order valence-electron chi connectivity index (χ2n) is 3.85. The summed E-state index contributed by atoms with van der Waals surface area (Å²) in [6.45, 7) is 2.30. The Morgan fingerprint density at radius 1 is 1.22 bits per heavy atom. The zero-order valence-corrected chi connectivity index (χ0v) is 11.4. The molecular formula is C13H12BrN3O. The number of carbonyl (C=O) groups excluding carboxylic acids is 1. The minimum atomic E-state index is -0.217. The Kier molecular flexibility index (Phi) is 4.04. The summed E-state index contributed by atoms with van der Waals surface area (Å²) < 4.78 is 1.02. The fourth-order valence-corrected chi connectivity index (χ4v) is 1.65. The van der Waals surface area contributed by atoms with Crippen molar-refractivity contribution in [1.29, 1.82) is 0 Å². The normalized spacial score (nSPS) is 10.1. The number of carbonyl (C=O) groups is 1. The van der Waals surface area contributed by atoms with Gasteiger partial charge in [0.1, 0.15) is 5.69 Å². The summed E-state index contributed by atoms with van der Waals surface area (Å²) in [4.78, 5) is 19.8. The molecule has 0 aliphatic rings. The first-order valence-corrected chi connectivity index (χ1v) is 6.26. The van der Waals surface area contributed by atoms with Crippen LogP contribution in [0.2, 0.25) is 0 Å². The second kappa shape index (κ2) is 5.73. The molecule has 1 amide bonds. The molecule has 5 heteroatoms. The maximum atomic E-state index is 11.8. The van der Waals surface area contributed by atoms with E-state index in [-0.39, 0.29) is 5.91 Å². The molecule has 0 saturated carbocycles. The molecule has 0 radical (unpaired) electrons. The Morgan fingerprint density at radius 3 is 2.56 bits per heavy atom. The molecule has 18 heavy (non-hydrogen) atoms. The lowest BCUT2D eigenvalue weighted by Crippen LogP contribution is -2.23. The van der Waals surface area contributed by atoms with E-state index >= 15 is 0 Å². The number of nitrogens with one attached hydrogen (secondary N) is 1. The van der Waals surface area contributed by atoms with Gasteiger partial charge in [0.2, 0.25) is 0 Å².